The van der Waals surface area contributed by atoms with E-state index in [1.54, 1.807) is 0 Å². The van der Waals surface area contributed by atoms with E-state index in [1.165, 1.54) is 23.5 Å². The zero-order chi connectivity index (χ0) is 17.0. The quantitative estimate of drug-likeness (QED) is 0.521. The van der Waals surface area contributed by atoms with Crippen molar-refractivity contribution in [2.24, 2.45) is 0 Å². The smallest absolute Gasteiger partial charge is 0.198 e. The molecule has 23 heavy (non-hydrogen) atoms. The van der Waals surface area contributed by atoms with Gasteiger partial charge in [0.1, 0.15) is 0 Å². The summed E-state index contributed by atoms with van der Waals surface area (Å²) in [4.78, 5) is 26.4. The number of allylic oxidation sites excluding steroid dienone is 1. The van der Waals surface area contributed by atoms with Gasteiger partial charge in [0.15, 0.2) is 11.6 Å². The summed E-state index contributed by atoms with van der Waals surface area (Å²) in [7, 11) is 0. The Morgan fingerprint density at radius 1 is 1.00 bits per heavy atom. The summed E-state index contributed by atoms with van der Waals surface area (Å²) in [5.74, 6) is -0.0734. The Labute approximate surface area is 147 Å². The first-order chi connectivity index (χ1) is 11.1. The molecule has 0 unspecified atom stereocenters. The third-order valence-electron chi connectivity index (χ3n) is 4.50. The van der Waals surface area contributed by atoms with Crippen LogP contribution in [0.2, 0.25) is 0 Å². The summed E-state index contributed by atoms with van der Waals surface area (Å²) >= 11 is 2.99. The van der Waals surface area contributed by atoms with E-state index in [9.17, 15) is 9.59 Å². The van der Waals surface area contributed by atoms with Crippen LogP contribution in [0, 0.1) is 0 Å². The molecule has 0 amide bonds. The van der Waals surface area contributed by atoms with Gasteiger partial charge in [-0.25, -0.2) is 0 Å². The molecule has 0 saturated carbocycles. The molecule has 1 aliphatic carbocycles. The van der Waals surface area contributed by atoms with Crippen molar-refractivity contribution in [3.05, 3.63) is 45.2 Å². The molecule has 0 aromatic heterocycles. The Hall–Kier alpha value is -1.00. The fourth-order valence-corrected chi connectivity index (χ4v) is 5.09. The van der Waals surface area contributed by atoms with Crippen LogP contribution in [-0.4, -0.2) is 24.1 Å². The van der Waals surface area contributed by atoms with Gasteiger partial charge in [0.05, 0.1) is 15.2 Å². The molecule has 4 heteroatoms. The molecule has 1 aromatic carbocycles. The molecular weight excluding hydrogens is 324 g/mol. The first-order valence-corrected chi connectivity index (χ1v) is 10.5. The van der Waals surface area contributed by atoms with Crippen LogP contribution >= 0.6 is 23.5 Å². The monoisotopic (exact) mass is 348 g/mol. The summed E-state index contributed by atoms with van der Waals surface area (Å²) in [6.07, 6.45) is 7.31. The van der Waals surface area contributed by atoms with Crippen molar-refractivity contribution in [1.82, 2.24) is 0 Å². The summed E-state index contributed by atoms with van der Waals surface area (Å²) in [6, 6.07) is 7.69. The van der Waals surface area contributed by atoms with Crippen LogP contribution in [0.5, 0.6) is 0 Å². The molecule has 0 spiro atoms. The fourth-order valence-electron chi connectivity index (χ4n) is 3.65. The van der Waals surface area contributed by atoms with E-state index in [1.807, 2.05) is 36.8 Å². The summed E-state index contributed by atoms with van der Waals surface area (Å²) in [5.41, 5.74) is 1.51. The second-order valence-electron chi connectivity index (χ2n) is 5.86. The van der Waals surface area contributed by atoms with Crippen molar-refractivity contribution in [3.8, 4) is 0 Å². The maximum Gasteiger partial charge on any atom is 0.198 e. The van der Waals surface area contributed by atoms with Crippen LogP contribution < -0.4 is 0 Å². The fraction of sp³-hybridized carbons (Fsp3) is 0.474. The second kappa shape index (κ2) is 7.71. The van der Waals surface area contributed by atoms with E-state index in [4.69, 9.17) is 0 Å². The zero-order valence-corrected chi connectivity index (χ0v) is 15.9. The maximum absolute atomic E-state index is 13.5. The van der Waals surface area contributed by atoms with Crippen LogP contribution in [0.3, 0.4) is 0 Å². The number of carbonyl (C=O) groups is 2. The largest absolute Gasteiger partial charge is 0.293 e. The molecule has 2 nitrogen and oxygen atoms in total. The average molecular weight is 349 g/mol. The van der Waals surface area contributed by atoms with Gasteiger partial charge in [0, 0.05) is 5.56 Å². The van der Waals surface area contributed by atoms with Gasteiger partial charge < -0.3 is 0 Å². The SMILES string of the molecule is CCCC1(CCC)C(=O)C(=C(SC)SC)C(=O)c2ccccc21. The Bertz CT molecular complexity index is 635. The number of fused-ring (bicyclic) bond motifs is 1. The molecule has 0 bridgehead atoms. The summed E-state index contributed by atoms with van der Waals surface area (Å²) < 4.78 is 0.839. The molecule has 0 aliphatic heterocycles. The van der Waals surface area contributed by atoms with Crippen molar-refractivity contribution < 1.29 is 9.59 Å². The Balaban J connectivity index is 2.80. The first-order valence-electron chi connectivity index (χ1n) is 8.08. The highest BCUT2D eigenvalue weighted by Gasteiger charge is 2.48. The number of benzene rings is 1. The van der Waals surface area contributed by atoms with Crippen LogP contribution in [-0.2, 0) is 10.2 Å². The third-order valence-corrected chi connectivity index (χ3v) is 6.65. The molecule has 0 saturated heterocycles. The number of carbonyl (C=O) groups excluding carboxylic acids is 2. The summed E-state index contributed by atoms with van der Waals surface area (Å²) in [5, 5.41) is 0. The van der Waals surface area contributed by atoms with Crippen LogP contribution in [0.25, 0.3) is 0 Å². The number of ketones is 2. The second-order valence-corrected chi connectivity index (χ2v) is 7.75. The van der Waals surface area contributed by atoms with Crippen molar-refractivity contribution in [2.75, 3.05) is 12.5 Å². The zero-order valence-electron chi connectivity index (χ0n) is 14.3. The highest BCUT2D eigenvalue weighted by molar-refractivity contribution is 8.21. The predicted octanol–water partition coefficient (Wildman–Crippen LogP) is 5.23. The minimum absolute atomic E-state index is 0.0311. The lowest BCUT2D eigenvalue weighted by atomic mass is 9.63. The molecule has 124 valence electrons. The normalized spacial score (nSPS) is 16.4. The lowest BCUT2D eigenvalue weighted by Crippen LogP contribution is -2.44. The molecule has 1 aliphatic rings. The lowest BCUT2D eigenvalue weighted by molar-refractivity contribution is -0.121. The van der Waals surface area contributed by atoms with E-state index in [0.717, 1.165) is 35.5 Å². The van der Waals surface area contributed by atoms with E-state index >= 15 is 0 Å². The van der Waals surface area contributed by atoms with Gasteiger partial charge in [-0.15, -0.1) is 23.5 Å². The van der Waals surface area contributed by atoms with Crippen LogP contribution in [0.15, 0.2) is 34.1 Å². The van der Waals surface area contributed by atoms with Crippen molar-refractivity contribution in [3.63, 3.8) is 0 Å². The molecule has 0 atom stereocenters. The van der Waals surface area contributed by atoms with E-state index in [0.29, 0.717) is 11.1 Å². The maximum atomic E-state index is 13.5. The van der Waals surface area contributed by atoms with Crippen LogP contribution in [0.4, 0.5) is 0 Å². The van der Waals surface area contributed by atoms with Crippen molar-refractivity contribution in [2.45, 2.75) is 44.9 Å². The highest BCUT2D eigenvalue weighted by atomic mass is 32.2. The standard InChI is InChI=1S/C19H24O2S2/c1-5-11-19(12-6-2)14-10-8-7-9-13(14)16(20)15(17(19)21)18(22-3)23-4/h7-10H,5-6,11-12H2,1-4H3. The number of thioether (sulfide) groups is 2. The Morgan fingerprint density at radius 3 is 2.09 bits per heavy atom. The molecule has 0 heterocycles. The molecule has 0 N–H and O–H groups in total. The van der Waals surface area contributed by atoms with Gasteiger partial charge in [-0.3, -0.25) is 9.59 Å². The minimum atomic E-state index is -0.542. The number of hydrogen-bond acceptors (Lipinski definition) is 4. The van der Waals surface area contributed by atoms with Gasteiger partial charge in [-0.05, 0) is 30.9 Å². The van der Waals surface area contributed by atoms with Gasteiger partial charge in [0.25, 0.3) is 0 Å². The number of Topliss-reactive ketones (excluding diaryl/α,β-unsaturated/α-hetero) is 2. The molecular formula is C19H24O2S2. The van der Waals surface area contributed by atoms with E-state index < -0.39 is 5.41 Å². The Kier molecular flexibility index (Phi) is 6.15. The summed E-state index contributed by atoms with van der Waals surface area (Å²) in [6.45, 7) is 4.22. The number of rotatable bonds is 6. The van der Waals surface area contributed by atoms with Crippen molar-refractivity contribution in [1.29, 1.82) is 0 Å². The first kappa shape index (κ1) is 18.3. The Morgan fingerprint density at radius 2 is 1.57 bits per heavy atom. The van der Waals surface area contributed by atoms with Crippen LogP contribution in [0.1, 0.15) is 55.5 Å². The van der Waals surface area contributed by atoms with Gasteiger partial charge >= 0.3 is 0 Å². The van der Waals surface area contributed by atoms with Gasteiger partial charge in [0.2, 0.25) is 0 Å². The lowest BCUT2D eigenvalue weighted by Gasteiger charge is -2.38. The third kappa shape index (κ3) is 3.03. The van der Waals surface area contributed by atoms with Crippen molar-refractivity contribution >= 4 is 35.1 Å². The molecule has 2 rings (SSSR count). The minimum Gasteiger partial charge on any atom is -0.293 e. The predicted molar refractivity (Wildman–Crippen MR) is 101 cm³/mol. The topological polar surface area (TPSA) is 34.1 Å². The van der Waals surface area contributed by atoms with E-state index in [2.05, 4.69) is 13.8 Å². The average Bonchev–Trinajstić information content (AvgIpc) is 2.57. The number of hydrogen-bond donors (Lipinski definition) is 0. The van der Waals surface area contributed by atoms with Gasteiger partial charge in [-0.1, -0.05) is 51.0 Å². The van der Waals surface area contributed by atoms with E-state index in [-0.39, 0.29) is 11.6 Å². The molecule has 0 radical (unpaired) electrons. The molecule has 0 fully saturated rings. The van der Waals surface area contributed by atoms with Gasteiger partial charge in [-0.2, -0.15) is 0 Å². The molecule has 1 aromatic rings. The highest BCUT2D eigenvalue weighted by Crippen LogP contribution is 2.46.